The molecule has 204 valence electrons. The molecule has 0 aromatic heterocycles. The number of aldehydes is 1. The van der Waals surface area contributed by atoms with Crippen LogP contribution in [0.4, 0.5) is 0 Å². The first kappa shape index (κ1) is 31.2. The van der Waals surface area contributed by atoms with Crippen molar-refractivity contribution < 1.29 is 59.2 Å². The van der Waals surface area contributed by atoms with Crippen LogP contribution in [-0.4, -0.2) is 136 Å². The molecule has 0 saturated carbocycles. The number of rotatable bonds is 14. The van der Waals surface area contributed by atoms with Crippen LogP contribution in [0.15, 0.2) is 0 Å². The van der Waals surface area contributed by atoms with E-state index >= 15 is 0 Å². The van der Waals surface area contributed by atoms with Gasteiger partial charge < -0.3 is 66.0 Å². The van der Waals surface area contributed by atoms with Gasteiger partial charge in [-0.2, -0.15) is 0 Å². The number of carbonyl (C=O) groups is 3. The molecule has 0 spiro atoms. The highest BCUT2D eigenvalue weighted by atomic mass is 16.6. The lowest BCUT2D eigenvalue weighted by molar-refractivity contribution is -0.262. The van der Waals surface area contributed by atoms with E-state index in [-0.39, 0.29) is 12.8 Å². The van der Waals surface area contributed by atoms with Crippen LogP contribution in [0.3, 0.4) is 0 Å². The van der Waals surface area contributed by atoms with Gasteiger partial charge in [-0.05, 0) is 13.8 Å². The summed E-state index contributed by atoms with van der Waals surface area (Å²) in [5.41, 5.74) is 5.82. The van der Waals surface area contributed by atoms with Gasteiger partial charge in [0.2, 0.25) is 5.91 Å². The lowest BCUT2D eigenvalue weighted by atomic mass is 9.97. The lowest BCUT2D eigenvalue weighted by Crippen LogP contribution is -2.63. The third-order valence-corrected chi connectivity index (χ3v) is 5.42. The topological polar surface area (TPSA) is 250 Å². The molecule has 0 radical (unpaired) electrons. The average Bonchev–Trinajstić information content (AvgIpc) is 2.83. The lowest BCUT2D eigenvalue weighted by Gasteiger charge is -2.41. The number of ether oxygens (including phenoxy) is 3. The Morgan fingerprint density at radius 3 is 2.34 bits per heavy atom. The van der Waals surface area contributed by atoms with Crippen molar-refractivity contribution >= 4 is 18.2 Å². The molecule has 10 N–H and O–H groups in total. The predicted molar refractivity (Wildman–Crippen MR) is 116 cm³/mol. The van der Waals surface area contributed by atoms with E-state index in [9.17, 15) is 39.9 Å². The van der Waals surface area contributed by atoms with Crippen LogP contribution in [0, 0.1) is 0 Å². The number of aliphatic hydroxyl groups is 6. The van der Waals surface area contributed by atoms with Gasteiger partial charge in [-0.1, -0.05) is 0 Å². The zero-order valence-corrected chi connectivity index (χ0v) is 19.8. The maximum atomic E-state index is 12.6. The maximum absolute atomic E-state index is 12.6. The molecule has 0 aromatic carbocycles. The molecule has 15 nitrogen and oxygen atoms in total. The molecular formula is C20H37N3O12. The summed E-state index contributed by atoms with van der Waals surface area (Å²) in [5.74, 6) is -1.62. The molecule has 0 aromatic rings. The summed E-state index contributed by atoms with van der Waals surface area (Å²) in [6.07, 6.45) is -10.8. The minimum absolute atomic E-state index is 0.0161. The van der Waals surface area contributed by atoms with E-state index in [0.717, 1.165) is 6.92 Å². The third-order valence-electron chi connectivity index (χ3n) is 5.42. The molecule has 1 heterocycles. The van der Waals surface area contributed by atoms with Gasteiger partial charge in [-0.3, -0.25) is 9.59 Å². The molecular weight excluding hydrogens is 474 g/mol. The first-order valence-electron chi connectivity index (χ1n) is 11.0. The maximum Gasteiger partial charge on any atom is 0.323 e. The fraction of sp³-hybridized carbons (Fsp3) is 0.850. The highest BCUT2D eigenvalue weighted by Gasteiger charge is 2.44. The molecule has 1 aliphatic heterocycles. The second kappa shape index (κ2) is 14.7. The highest BCUT2D eigenvalue weighted by molar-refractivity contribution is 5.79. The van der Waals surface area contributed by atoms with E-state index in [1.807, 2.05) is 0 Å². The fourth-order valence-electron chi connectivity index (χ4n) is 3.36. The number of aliphatic hydroxyl groups excluding tert-OH is 6. The molecule has 1 unspecified atom stereocenters. The Morgan fingerprint density at radius 2 is 1.83 bits per heavy atom. The molecule has 1 aliphatic rings. The summed E-state index contributed by atoms with van der Waals surface area (Å²) < 4.78 is 15.8. The van der Waals surface area contributed by atoms with Crippen molar-refractivity contribution in [3.63, 3.8) is 0 Å². The Balaban J connectivity index is 2.76. The Morgan fingerprint density at radius 1 is 1.20 bits per heavy atom. The summed E-state index contributed by atoms with van der Waals surface area (Å²) in [6, 6.07) is -3.63. The van der Waals surface area contributed by atoms with Crippen LogP contribution < -0.4 is 16.4 Å². The zero-order chi connectivity index (χ0) is 26.9. The number of nitrogens with two attached hydrogens (primary N) is 1. The Labute approximate surface area is 202 Å². The van der Waals surface area contributed by atoms with E-state index in [1.54, 1.807) is 6.92 Å². The minimum Gasteiger partial charge on any atom is -0.456 e. The van der Waals surface area contributed by atoms with Gasteiger partial charge in [0, 0.05) is 13.5 Å². The zero-order valence-electron chi connectivity index (χ0n) is 19.8. The van der Waals surface area contributed by atoms with Crippen LogP contribution in [0.2, 0.25) is 0 Å². The van der Waals surface area contributed by atoms with Crippen molar-refractivity contribution in [1.82, 2.24) is 10.6 Å². The fourth-order valence-corrected chi connectivity index (χ4v) is 3.36. The molecule has 11 atom stereocenters. The Kier molecular flexibility index (Phi) is 13.1. The van der Waals surface area contributed by atoms with Crippen LogP contribution in [-0.2, 0) is 28.6 Å². The smallest absolute Gasteiger partial charge is 0.323 e. The van der Waals surface area contributed by atoms with Gasteiger partial charge in [0.05, 0.1) is 25.4 Å². The molecule has 1 rings (SSSR count). The van der Waals surface area contributed by atoms with Gasteiger partial charge in [0.15, 0.2) is 12.4 Å². The van der Waals surface area contributed by atoms with Gasteiger partial charge in [-0.15, -0.1) is 0 Å². The quantitative estimate of drug-likeness (QED) is 0.0779. The second-order valence-corrected chi connectivity index (χ2v) is 8.36. The molecule has 1 saturated heterocycles. The largest absolute Gasteiger partial charge is 0.456 e. The summed E-state index contributed by atoms with van der Waals surface area (Å²) >= 11 is 0. The normalized spacial score (nSPS) is 29.8. The molecule has 0 aliphatic carbocycles. The number of nitrogens with one attached hydrogen (secondary N) is 2. The molecule has 35 heavy (non-hydrogen) atoms. The van der Waals surface area contributed by atoms with Crippen molar-refractivity contribution in [2.24, 2.45) is 5.73 Å². The van der Waals surface area contributed by atoms with Crippen LogP contribution >= 0.6 is 0 Å². The predicted octanol–water partition coefficient (Wildman–Crippen LogP) is -5.53. The van der Waals surface area contributed by atoms with Gasteiger partial charge in [-0.25, -0.2) is 0 Å². The third kappa shape index (κ3) is 8.98. The van der Waals surface area contributed by atoms with Crippen LogP contribution in [0.1, 0.15) is 20.8 Å². The summed E-state index contributed by atoms with van der Waals surface area (Å²) in [4.78, 5) is 35.3. The standard InChI is InChI=1S/C20H37N3O12/c1-8(33-18-14(21)20(32)34-13(7-26)16(18)30)4-22-9(2)19(31)35-17(15(29)12(28)6-25)11(5-24)23-10(3)27/h5,8-9,11-18,20,22,25-26,28-30,32H,4,6-7,21H2,1-3H3,(H,23,27)/t8?,9-,11-,12+,13+,14+,15+,16+,17+,18+,20-/m0/s1. The number of hydrogen-bond acceptors (Lipinski definition) is 14. The van der Waals surface area contributed by atoms with Crippen LogP contribution in [0.5, 0.6) is 0 Å². The molecule has 0 bridgehead atoms. The minimum atomic E-state index is -1.89. The van der Waals surface area contributed by atoms with Crippen molar-refractivity contribution in [3.8, 4) is 0 Å². The van der Waals surface area contributed by atoms with E-state index in [2.05, 4.69) is 10.6 Å². The highest BCUT2D eigenvalue weighted by Crippen LogP contribution is 2.22. The molecule has 1 fully saturated rings. The van der Waals surface area contributed by atoms with E-state index < -0.39 is 92.2 Å². The van der Waals surface area contributed by atoms with E-state index in [0.29, 0.717) is 0 Å². The number of esters is 1. The SMILES string of the molecule is CC(=O)N[C@@H](C=O)[C@@H](OC(=O)[C@H](C)NCC(C)O[C@@H]1[C@@H](N)[C@@H](O)O[C@H](CO)[C@H]1O)[C@H](O)[C@H](O)CO. The van der Waals surface area contributed by atoms with Crippen molar-refractivity contribution in [2.75, 3.05) is 19.8 Å². The van der Waals surface area contributed by atoms with E-state index in [1.165, 1.54) is 6.92 Å². The average molecular weight is 512 g/mol. The molecule has 15 heteroatoms. The van der Waals surface area contributed by atoms with Gasteiger partial charge in [0.1, 0.15) is 48.9 Å². The van der Waals surface area contributed by atoms with Gasteiger partial charge in [0.25, 0.3) is 0 Å². The Bertz CT molecular complexity index is 686. The second-order valence-electron chi connectivity index (χ2n) is 8.36. The first-order valence-corrected chi connectivity index (χ1v) is 11.0. The molecule has 1 amide bonds. The monoisotopic (exact) mass is 511 g/mol. The number of hydrogen-bond donors (Lipinski definition) is 9. The van der Waals surface area contributed by atoms with Crippen molar-refractivity contribution in [2.45, 2.75) is 87.9 Å². The van der Waals surface area contributed by atoms with Crippen molar-refractivity contribution in [3.05, 3.63) is 0 Å². The number of carbonyl (C=O) groups excluding carboxylic acids is 3. The summed E-state index contributed by atoms with van der Waals surface area (Å²) in [5, 5.41) is 63.4. The van der Waals surface area contributed by atoms with Crippen molar-refractivity contribution in [1.29, 1.82) is 0 Å². The first-order chi connectivity index (χ1) is 16.4. The van der Waals surface area contributed by atoms with Crippen LogP contribution in [0.25, 0.3) is 0 Å². The summed E-state index contributed by atoms with van der Waals surface area (Å²) in [6.45, 7) is 2.63. The Hall–Kier alpha value is -1.79. The summed E-state index contributed by atoms with van der Waals surface area (Å²) in [7, 11) is 0. The van der Waals surface area contributed by atoms with E-state index in [4.69, 9.17) is 25.1 Å². The van der Waals surface area contributed by atoms with Gasteiger partial charge >= 0.3 is 5.97 Å². The number of amides is 1.